The van der Waals surface area contributed by atoms with Crippen molar-refractivity contribution in [1.29, 1.82) is 0 Å². The summed E-state index contributed by atoms with van der Waals surface area (Å²) in [6.07, 6.45) is 7.28. The van der Waals surface area contributed by atoms with Crippen molar-refractivity contribution in [3.8, 4) is 0 Å². The lowest BCUT2D eigenvalue weighted by molar-refractivity contribution is 0.456. The Hall–Kier alpha value is -2.24. The average molecular weight is 313 g/mol. The molecule has 3 heterocycles. The zero-order valence-corrected chi connectivity index (χ0v) is 13.9. The lowest BCUT2D eigenvalue weighted by atomic mass is 9.92. The standard InChI is InChI=1S/C17H23N5O/c1-17(2,3)14-6-7-16(23)22(20-14)12-13-5-4-10-21(13)15-11-18-8-9-19-15/h6-9,11,13H,4-5,10,12H2,1-3H3. The first kappa shape index (κ1) is 15.6. The monoisotopic (exact) mass is 313 g/mol. The number of rotatable bonds is 3. The van der Waals surface area contributed by atoms with Gasteiger partial charge in [0.2, 0.25) is 0 Å². The predicted molar refractivity (Wildman–Crippen MR) is 89.6 cm³/mol. The first-order chi connectivity index (χ1) is 10.9. The molecule has 0 radical (unpaired) electrons. The zero-order valence-electron chi connectivity index (χ0n) is 13.9. The molecule has 1 atom stereocenters. The lowest BCUT2D eigenvalue weighted by Crippen LogP contribution is -2.38. The van der Waals surface area contributed by atoms with E-state index in [1.54, 1.807) is 29.3 Å². The molecule has 23 heavy (non-hydrogen) atoms. The van der Waals surface area contributed by atoms with Crippen molar-refractivity contribution < 1.29 is 0 Å². The van der Waals surface area contributed by atoms with E-state index in [2.05, 4.69) is 40.7 Å². The molecule has 1 aliphatic heterocycles. The average Bonchev–Trinajstić information content (AvgIpc) is 2.97. The lowest BCUT2D eigenvalue weighted by Gasteiger charge is -2.26. The summed E-state index contributed by atoms with van der Waals surface area (Å²) in [5.74, 6) is 0.870. The Labute approximate surface area is 136 Å². The van der Waals surface area contributed by atoms with Gasteiger partial charge < -0.3 is 4.90 Å². The maximum Gasteiger partial charge on any atom is 0.266 e. The van der Waals surface area contributed by atoms with E-state index in [1.807, 2.05) is 6.07 Å². The number of hydrogen-bond donors (Lipinski definition) is 0. The highest BCUT2D eigenvalue weighted by molar-refractivity contribution is 5.38. The topological polar surface area (TPSA) is 63.9 Å². The molecule has 3 rings (SSSR count). The molecule has 0 amide bonds. The fourth-order valence-electron chi connectivity index (χ4n) is 2.95. The molecule has 0 saturated carbocycles. The molecule has 0 N–H and O–H groups in total. The number of aromatic nitrogens is 4. The van der Waals surface area contributed by atoms with Gasteiger partial charge in [0.1, 0.15) is 5.82 Å². The molecule has 6 nitrogen and oxygen atoms in total. The first-order valence-electron chi connectivity index (χ1n) is 8.06. The van der Waals surface area contributed by atoms with Crippen LogP contribution in [-0.2, 0) is 12.0 Å². The van der Waals surface area contributed by atoms with Gasteiger partial charge in [-0.05, 0) is 18.9 Å². The van der Waals surface area contributed by atoms with Gasteiger partial charge in [-0.2, -0.15) is 5.10 Å². The van der Waals surface area contributed by atoms with Crippen LogP contribution in [0.2, 0.25) is 0 Å². The largest absolute Gasteiger partial charge is 0.350 e. The van der Waals surface area contributed by atoms with Crippen molar-refractivity contribution in [2.45, 2.75) is 51.6 Å². The summed E-state index contributed by atoms with van der Waals surface area (Å²) >= 11 is 0. The quantitative estimate of drug-likeness (QED) is 0.867. The van der Waals surface area contributed by atoms with Crippen LogP contribution in [0.15, 0.2) is 35.5 Å². The van der Waals surface area contributed by atoms with Gasteiger partial charge in [0, 0.05) is 30.4 Å². The van der Waals surface area contributed by atoms with Gasteiger partial charge in [-0.15, -0.1) is 0 Å². The third-order valence-electron chi connectivity index (χ3n) is 4.24. The molecule has 0 aromatic carbocycles. The van der Waals surface area contributed by atoms with E-state index in [-0.39, 0.29) is 17.0 Å². The van der Waals surface area contributed by atoms with Crippen LogP contribution in [0.5, 0.6) is 0 Å². The summed E-state index contributed by atoms with van der Waals surface area (Å²) in [5, 5.41) is 4.58. The van der Waals surface area contributed by atoms with E-state index >= 15 is 0 Å². The molecular weight excluding hydrogens is 290 g/mol. The van der Waals surface area contributed by atoms with Crippen LogP contribution in [0.25, 0.3) is 0 Å². The van der Waals surface area contributed by atoms with E-state index in [0.29, 0.717) is 6.54 Å². The summed E-state index contributed by atoms with van der Waals surface area (Å²) in [7, 11) is 0. The Morgan fingerprint density at radius 1 is 1.26 bits per heavy atom. The Morgan fingerprint density at radius 2 is 2.09 bits per heavy atom. The zero-order chi connectivity index (χ0) is 16.4. The number of anilines is 1. The van der Waals surface area contributed by atoms with Crippen LogP contribution in [0, 0.1) is 0 Å². The van der Waals surface area contributed by atoms with Gasteiger partial charge in [0.15, 0.2) is 0 Å². The van der Waals surface area contributed by atoms with Gasteiger partial charge in [0.05, 0.1) is 24.5 Å². The fourth-order valence-corrected chi connectivity index (χ4v) is 2.95. The first-order valence-corrected chi connectivity index (χ1v) is 8.06. The highest BCUT2D eigenvalue weighted by Gasteiger charge is 2.27. The molecule has 1 fully saturated rings. The van der Waals surface area contributed by atoms with Crippen molar-refractivity contribution in [2.75, 3.05) is 11.4 Å². The Morgan fingerprint density at radius 3 is 2.78 bits per heavy atom. The van der Waals surface area contributed by atoms with Crippen molar-refractivity contribution in [2.24, 2.45) is 0 Å². The fraction of sp³-hybridized carbons (Fsp3) is 0.529. The molecule has 1 aliphatic rings. The van der Waals surface area contributed by atoms with E-state index in [1.165, 1.54) is 0 Å². The highest BCUT2D eigenvalue weighted by atomic mass is 16.1. The predicted octanol–water partition coefficient (Wildman–Crippen LogP) is 2.00. The Balaban J connectivity index is 1.85. The SMILES string of the molecule is CC(C)(C)c1ccc(=O)n(CC2CCCN2c2cnccn2)n1. The summed E-state index contributed by atoms with van der Waals surface area (Å²) in [4.78, 5) is 22.9. The molecule has 0 bridgehead atoms. The van der Waals surface area contributed by atoms with Gasteiger partial charge in [-0.25, -0.2) is 9.67 Å². The van der Waals surface area contributed by atoms with E-state index in [4.69, 9.17) is 0 Å². The second-order valence-electron chi connectivity index (χ2n) is 7.04. The van der Waals surface area contributed by atoms with Crippen LogP contribution in [0.3, 0.4) is 0 Å². The molecule has 0 spiro atoms. The highest BCUT2D eigenvalue weighted by Crippen LogP contribution is 2.24. The summed E-state index contributed by atoms with van der Waals surface area (Å²) < 4.78 is 1.60. The third-order valence-corrected chi connectivity index (χ3v) is 4.24. The second kappa shape index (κ2) is 6.10. The van der Waals surface area contributed by atoms with Gasteiger partial charge in [-0.3, -0.25) is 9.78 Å². The van der Waals surface area contributed by atoms with E-state index in [9.17, 15) is 4.79 Å². The maximum absolute atomic E-state index is 12.2. The summed E-state index contributed by atoms with van der Waals surface area (Å²) in [6, 6.07) is 3.68. The third kappa shape index (κ3) is 3.41. The van der Waals surface area contributed by atoms with Crippen molar-refractivity contribution in [3.63, 3.8) is 0 Å². The van der Waals surface area contributed by atoms with Crippen LogP contribution in [-0.4, -0.2) is 32.3 Å². The minimum Gasteiger partial charge on any atom is -0.350 e. The number of nitrogens with zero attached hydrogens (tertiary/aromatic N) is 5. The Kier molecular flexibility index (Phi) is 4.15. The second-order valence-corrected chi connectivity index (χ2v) is 7.04. The van der Waals surface area contributed by atoms with Crippen molar-refractivity contribution in [3.05, 3.63) is 46.8 Å². The number of hydrogen-bond acceptors (Lipinski definition) is 5. The molecule has 2 aromatic rings. The molecule has 122 valence electrons. The van der Waals surface area contributed by atoms with Gasteiger partial charge >= 0.3 is 0 Å². The molecule has 0 aliphatic carbocycles. The summed E-state index contributed by atoms with van der Waals surface area (Å²) in [5.41, 5.74) is 0.806. The van der Waals surface area contributed by atoms with Crippen molar-refractivity contribution >= 4 is 5.82 Å². The molecular formula is C17H23N5O. The maximum atomic E-state index is 12.2. The van der Waals surface area contributed by atoms with Crippen molar-refractivity contribution in [1.82, 2.24) is 19.7 Å². The molecule has 1 saturated heterocycles. The smallest absolute Gasteiger partial charge is 0.266 e. The van der Waals surface area contributed by atoms with E-state index in [0.717, 1.165) is 30.9 Å². The van der Waals surface area contributed by atoms with E-state index < -0.39 is 0 Å². The van der Waals surface area contributed by atoms with Crippen LogP contribution < -0.4 is 10.5 Å². The molecule has 6 heteroatoms. The minimum atomic E-state index is -0.0737. The van der Waals surface area contributed by atoms with Crippen LogP contribution >= 0.6 is 0 Å². The Bertz CT molecular complexity index is 720. The van der Waals surface area contributed by atoms with Gasteiger partial charge in [-0.1, -0.05) is 20.8 Å². The van der Waals surface area contributed by atoms with Crippen LogP contribution in [0.4, 0.5) is 5.82 Å². The van der Waals surface area contributed by atoms with Gasteiger partial charge in [0.25, 0.3) is 5.56 Å². The minimum absolute atomic E-state index is 0.0519. The van der Waals surface area contributed by atoms with Crippen LogP contribution in [0.1, 0.15) is 39.3 Å². The summed E-state index contributed by atoms with van der Waals surface area (Å²) in [6.45, 7) is 7.83. The molecule has 1 unspecified atom stereocenters. The normalized spacial score (nSPS) is 18.4. The molecule has 2 aromatic heterocycles.